The van der Waals surface area contributed by atoms with Crippen LogP contribution in [0.15, 0.2) is 11.6 Å². The monoisotopic (exact) mass is 309 g/mol. The van der Waals surface area contributed by atoms with Crippen molar-refractivity contribution in [3.8, 4) is 0 Å². The molecule has 0 unspecified atom stereocenters. The number of nitrogens with one attached hydrogen (secondary N) is 1. The lowest BCUT2D eigenvalue weighted by Crippen LogP contribution is -2.53. The van der Waals surface area contributed by atoms with Crippen LogP contribution >= 0.6 is 0 Å². The van der Waals surface area contributed by atoms with Gasteiger partial charge in [-0.05, 0) is 51.9 Å². The van der Waals surface area contributed by atoms with Gasteiger partial charge in [-0.3, -0.25) is 4.79 Å². The Balaban J connectivity index is 2.01. The summed E-state index contributed by atoms with van der Waals surface area (Å²) in [5, 5.41) is 12.0. The number of carbonyl (C=O) groups excluding carboxylic acids is 1. The van der Waals surface area contributed by atoms with E-state index in [0.29, 0.717) is 12.5 Å². The Kier molecular flexibility index (Phi) is 4.54. The van der Waals surface area contributed by atoms with Gasteiger partial charge in [0.25, 0.3) is 0 Å². The molecule has 0 bridgehead atoms. The van der Waals surface area contributed by atoms with Gasteiger partial charge in [-0.2, -0.15) is 0 Å². The van der Waals surface area contributed by atoms with E-state index in [1.165, 1.54) is 5.57 Å². The topological polar surface area (TPSA) is 75.6 Å². The molecule has 0 saturated heterocycles. The van der Waals surface area contributed by atoms with Gasteiger partial charge in [0.15, 0.2) is 0 Å². The molecule has 0 aromatic heterocycles. The number of ether oxygens (including phenoxy) is 1. The highest BCUT2D eigenvalue weighted by Gasteiger charge is 2.55. The quantitative estimate of drug-likeness (QED) is 0.764. The van der Waals surface area contributed by atoms with Crippen molar-refractivity contribution in [2.45, 2.75) is 59.0 Å². The molecule has 2 rings (SSSR count). The average molecular weight is 309 g/mol. The van der Waals surface area contributed by atoms with Crippen molar-refractivity contribution in [2.75, 3.05) is 6.54 Å². The molecule has 0 heterocycles. The summed E-state index contributed by atoms with van der Waals surface area (Å²) in [6, 6.07) is 0. The molecular weight excluding hydrogens is 282 g/mol. The van der Waals surface area contributed by atoms with Crippen LogP contribution in [-0.4, -0.2) is 29.3 Å². The van der Waals surface area contributed by atoms with Crippen LogP contribution in [-0.2, 0) is 9.53 Å². The zero-order chi connectivity index (χ0) is 16.5. The van der Waals surface area contributed by atoms with Gasteiger partial charge in [-0.25, -0.2) is 4.79 Å². The molecule has 5 heteroatoms. The first-order valence-electron chi connectivity index (χ1n) is 8.03. The van der Waals surface area contributed by atoms with Gasteiger partial charge in [0.2, 0.25) is 0 Å². The van der Waals surface area contributed by atoms with Crippen molar-refractivity contribution in [3.63, 3.8) is 0 Å². The highest BCUT2D eigenvalue weighted by atomic mass is 16.6. The number of hydrogen-bond acceptors (Lipinski definition) is 3. The summed E-state index contributed by atoms with van der Waals surface area (Å²) in [6.45, 7) is 7.93. The van der Waals surface area contributed by atoms with Crippen LogP contribution in [0.2, 0.25) is 0 Å². The summed E-state index contributed by atoms with van der Waals surface area (Å²) in [7, 11) is 0. The molecule has 1 saturated carbocycles. The van der Waals surface area contributed by atoms with E-state index in [1.54, 1.807) is 0 Å². The van der Waals surface area contributed by atoms with Crippen LogP contribution in [0.1, 0.15) is 53.4 Å². The van der Waals surface area contributed by atoms with Crippen molar-refractivity contribution >= 4 is 12.1 Å². The fourth-order valence-corrected chi connectivity index (χ4v) is 3.86. The third-order valence-electron chi connectivity index (χ3n) is 4.76. The van der Waals surface area contributed by atoms with Crippen LogP contribution in [0.4, 0.5) is 4.79 Å². The Labute approximate surface area is 132 Å². The van der Waals surface area contributed by atoms with E-state index in [0.717, 1.165) is 19.3 Å². The van der Waals surface area contributed by atoms with Gasteiger partial charge in [-0.1, -0.05) is 18.6 Å². The summed E-state index contributed by atoms with van der Waals surface area (Å²) >= 11 is 0. The average Bonchev–Trinajstić information content (AvgIpc) is 2.70. The summed E-state index contributed by atoms with van der Waals surface area (Å²) < 4.78 is 5.25. The first kappa shape index (κ1) is 16.8. The van der Waals surface area contributed by atoms with E-state index in [-0.39, 0.29) is 17.8 Å². The molecule has 22 heavy (non-hydrogen) atoms. The number of aliphatic carboxylic acids is 1. The van der Waals surface area contributed by atoms with Crippen LogP contribution in [0, 0.1) is 17.3 Å². The van der Waals surface area contributed by atoms with E-state index >= 15 is 0 Å². The Morgan fingerprint density at radius 3 is 2.68 bits per heavy atom. The number of rotatable bonds is 5. The summed E-state index contributed by atoms with van der Waals surface area (Å²) in [5.74, 6) is 0.0195. The summed E-state index contributed by atoms with van der Waals surface area (Å²) in [5.41, 5.74) is 0.513. The normalized spacial score (nSPS) is 30.1. The van der Waals surface area contributed by atoms with Crippen LogP contribution in [0.3, 0.4) is 0 Å². The van der Waals surface area contributed by atoms with Crippen LogP contribution < -0.4 is 5.32 Å². The third kappa shape index (κ3) is 3.62. The van der Waals surface area contributed by atoms with Gasteiger partial charge in [0, 0.05) is 12.0 Å². The van der Waals surface area contributed by atoms with Crippen molar-refractivity contribution in [1.29, 1.82) is 0 Å². The van der Waals surface area contributed by atoms with Crippen LogP contribution in [0.5, 0.6) is 0 Å². The van der Waals surface area contributed by atoms with E-state index in [1.807, 2.05) is 20.8 Å². The number of fused-ring (bicyclic) bond motifs is 1. The molecular formula is C17H27NO4. The van der Waals surface area contributed by atoms with Crippen molar-refractivity contribution in [1.82, 2.24) is 5.32 Å². The maximum Gasteiger partial charge on any atom is 0.407 e. The molecule has 0 spiro atoms. The lowest BCUT2D eigenvalue weighted by molar-refractivity contribution is -0.144. The molecule has 1 amide bonds. The van der Waals surface area contributed by atoms with Crippen molar-refractivity contribution < 1.29 is 19.4 Å². The second kappa shape index (κ2) is 5.94. The molecule has 2 aliphatic rings. The smallest absolute Gasteiger partial charge is 0.407 e. The zero-order valence-corrected chi connectivity index (χ0v) is 13.9. The highest BCUT2D eigenvalue weighted by molar-refractivity contribution is 5.70. The van der Waals surface area contributed by atoms with Crippen molar-refractivity contribution in [3.05, 3.63) is 11.6 Å². The minimum atomic E-state index is -0.803. The van der Waals surface area contributed by atoms with Gasteiger partial charge in [0.1, 0.15) is 5.60 Å². The van der Waals surface area contributed by atoms with Crippen LogP contribution in [0.25, 0.3) is 0 Å². The predicted molar refractivity (Wildman–Crippen MR) is 83.5 cm³/mol. The first-order valence-corrected chi connectivity index (χ1v) is 8.03. The maximum atomic E-state index is 11.8. The minimum Gasteiger partial charge on any atom is -0.481 e. The van der Waals surface area contributed by atoms with E-state index in [9.17, 15) is 14.7 Å². The number of allylic oxidation sites excluding steroid dienone is 2. The van der Waals surface area contributed by atoms with E-state index < -0.39 is 17.7 Å². The van der Waals surface area contributed by atoms with Gasteiger partial charge < -0.3 is 15.2 Å². The second-order valence-electron chi connectivity index (χ2n) is 7.66. The van der Waals surface area contributed by atoms with Crippen molar-refractivity contribution in [2.24, 2.45) is 17.3 Å². The van der Waals surface area contributed by atoms with E-state index in [2.05, 4.69) is 18.3 Å². The number of hydrogen-bond donors (Lipinski definition) is 2. The Morgan fingerprint density at radius 1 is 1.45 bits per heavy atom. The number of carbonyl (C=O) groups is 2. The largest absolute Gasteiger partial charge is 0.481 e. The molecule has 0 aromatic rings. The SMILES string of the molecule is CCC1=C[C@@H]2[C@H](C1)C[C@@]2(CNC(=O)OC(C)(C)C)CC(=O)O. The predicted octanol–water partition coefficient (Wildman–Crippen LogP) is 3.35. The molecule has 0 aromatic carbocycles. The molecule has 1 fully saturated rings. The lowest BCUT2D eigenvalue weighted by Gasteiger charge is -2.51. The molecule has 124 valence electrons. The fraction of sp³-hybridized carbons (Fsp3) is 0.765. The summed E-state index contributed by atoms with van der Waals surface area (Å²) in [6.07, 6.45) is 4.83. The molecule has 3 atom stereocenters. The van der Waals surface area contributed by atoms with Gasteiger partial charge >= 0.3 is 12.1 Å². The Hall–Kier alpha value is -1.52. The molecule has 5 nitrogen and oxygen atoms in total. The standard InChI is InChI=1S/C17H27NO4/c1-5-11-6-12-8-17(9-14(19)20,13(12)7-11)10-18-15(21)22-16(2,3)4/h7,12-13H,5-6,8-10H2,1-4H3,(H,18,21)(H,19,20)/t12-,13-,17+/m1/s1. The lowest BCUT2D eigenvalue weighted by atomic mass is 9.53. The minimum absolute atomic E-state index is 0.0947. The number of carboxylic acid groups (broad SMARTS) is 1. The highest BCUT2D eigenvalue weighted by Crippen LogP contribution is 2.59. The number of alkyl carbamates (subject to hydrolysis) is 1. The number of amides is 1. The second-order valence-corrected chi connectivity index (χ2v) is 7.66. The molecule has 2 aliphatic carbocycles. The van der Waals surface area contributed by atoms with Gasteiger partial charge in [-0.15, -0.1) is 0 Å². The van der Waals surface area contributed by atoms with Gasteiger partial charge in [0.05, 0.1) is 6.42 Å². The Morgan fingerprint density at radius 2 is 2.14 bits per heavy atom. The molecule has 0 aliphatic heterocycles. The third-order valence-corrected chi connectivity index (χ3v) is 4.76. The maximum absolute atomic E-state index is 11.8. The zero-order valence-electron chi connectivity index (χ0n) is 13.9. The fourth-order valence-electron chi connectivity index (χ4n) is 3.86. The Bertz CT molecular complexity index is 491. The number of carboxylic acids is 1. The summed E-state index contributed by atoms with van der Waals surface area (Å²) in [4.78, 5) is 23.1. The molecule has 0 radical (unpaired) electrons. The first-order chi connectivity index (χ1) is 10.1. The molecule has 2 N–H and O–H groups in total. The van der Waals surface area contributed by atoms with E-state index in [4.69, 9.17) is 4.74 Å².